The van der Waals surface area contributed by atoms with Crippen molar-refractivity contribution >= 4 is 28.3 Å². The van der Waals surface area contributed by atoms with Crippen LogP contribution in [0.25, 0.3) is 0 Å². The van der Waals surface area contributed by atoms with Crippen LogP contribution in [-0.2, 0) is 19.6 Å². The van der Waals surface area contributed by atoms with E-state index >= 15 is 0 Å². The van der Waals surface area contributed by atoms with E-state index in [1.807, 2.05) is 0 Å². The summed E-state index contributed by atoms with van der Waals surface area (Å²) in [7, 11) is -3.31. The first kappa shape index (κ1) is 19.6. The third-order valence-corrected chi connectivity index (χ3v) is 4.11. The van der Waals surface area contributed by atoms with Gasteiger partial charge in [-0.2, -0.15) is 0 Å². The van der Waals surface area contributed by atoms with Gasteiger partial charge in [-0.05, 0) is 13.8 Å². The zero-order valence-corrected chi connectivity index (χ0v) is 13.5. The zero-order valence-electron chi connectivity index (χ0n) is 11.8. The molecule has 0 saturated carbocycles. The lowest BCUT2D eigenvalue weighted by molar-refractivity contribution is -0.122. The first-order valence-electron chi connectivity index (χ1n) is 6.47. The van der Waals surface area contributed by atoms with Crippen LogP contribution in [0.2, 0.25) is 0 Å². The number of morpholine rings is 1. The lowest BCUT2D eigenvalue weighted by Gasteiger charge is -2.23. The number of ether oxygens (including phenoxy) is 1. The standard InChI is InChI=1S/C11H23N3O4S.ClH/c1-9(2)14-19(16,17)6-4-13-11(15)7-10-8-18-5-3-12-10;/h9-10,12,14H,3-8H2,1-2H3,(H,13,15);1H. The summed E-state index contributed by atoms with van der Waals surface area (Å²) >= 11 is 0. The number of rotatable bonds is 7. The van der Waals surface area contributed by atoms with Gasteiger partial charge >= 0.3 is 0 Å². The predicted octanol–water partition coefficient (Wildman–Crippen LogP) is -0.769. The molecule has 0 radical (unpaired) electrons. The number of sulfonamides is 1. The van der Waals surface area contributed by atoms with Crippen LogP contribution in [0.4, 0.5) is 0 Å². The maximum absolute atomic E-state index is 11.6. The topological polar surface area (TPSA) is 96.5 Å². The number of carbonyl (C=O) groups excluding carboxylic acids is 1. The summed E-state index contributed by atoms with van der Waals surface area (Å²) in [6, 6.07) is -0.122. The van der Waals surface area contributed by atoms with E-state index in [2.05, 4.69) is 15.4 Å². The Morgan fingerprint density at radius 1 is 1.45 bits per heavy atom. The van der Waals surface area contributed by atoms with Crippen molar-refractivity contribution in [3.8, 4) is 0 Å². The second kappa shape index (κ2) is 9.51. The molecule has 0 bridgehead atoms. The van der Waals surface area contributed by atoms with E-state index in [9.17, 15) is 13.2 Å². The fourth-order valence-corrected chi connectivity index (χ4v) is 3.00. The highest BCUT2D eigenvalue weighted by Crippen LogP contribution is 1.98. The van der Waals surface area contributed by atoms with Crippen LogP contribution in [0.15, 0.2) is 0 Å². The van der Waals surface area contributed by atoms with Crippen LogP contribution in [-0.4, -0.2) is 58.5 Å². The van der Waals surface area contributed by atoms with Crippen molar-refractivity contribution in [2.24, 2.45) is 0 Å². The van der Waals surface area contributed by atoms with E-state index < -0.39 is 10.0 Å². The van der Waals surface area contributed by atoms with Gasteiger partial charge in [0.25, 0.3) is 0 Å². The van der Waals surface area contributed by atoms with Gasteiger partial charge in [0.2, 0.25) is 15.9 Å². The first-order valence-corrected chi connectivity index (χ1v) is 8.12. The van der Waals surface area contributed by atoms with Gasteiger partial charge < -0.3 is 15.4 Å². The molecule has 0 aromatic heterocycles. The van der Waals surface area contributed by atoms with Crippen molar-refractivity contribution in [1.82, 2.24) is 15.4 Å². The summed E-state index contributed by atoms with van der Waals surface area (Å²) in [5.41, 5.74) is 0. The fraction of sp³-hybridized carbons (Fsp3) is 0.909. The van der Waals surface area contributed by atoms with Crippen LogP contribution < -0.4 is 15.4 Å². The molecular weight excluding hydrogens is 306 g/mol. The number of hydrogen-bond donors (Lipinski definition) is 3. The molecule has 1 unspecified atom stereocenters. The van der Waals surface area contributed by atoms with Crippen LogP contribution in [0.5, 0.6) is 0 Å². The Morgan fingerprint density at radius 2 is 2.15 bits per heavy atom. The lowest BCUT2D eigenvalue weighted by atomic mass is 10.2. The van der Waals surface area contributed by atoms with E-state index in [-0.39, 0.29) is 42.7 Å². The minimum Gasteiger partial charge on any atom is -0.378 e. The summed E-state index contributed by atoms with van der Waals surface area (Å²) in [5, 5.41) is 5.77. The molecule has 1 fully saturated rings. The monoisotopic (exact) mass is 329 g/mol. The average molecular weight is 330 g/mol. The smallest absolute Gasteiger partial charge is 0.221 e. The molecule has 3 N–H and O–H groups in total. The molecule has 1 atom stereocenters. The third-order valence-electron chi connectivity index (χ3n) is 2.54. The largest absolute Gasteiger partial charge is 0.378 e. The van der Waals surface area contributed by atoms with E-state index in [0.29, 0.717) is 19.6 Å². The minimum atomic E-state index is -3.31. The van der Waals surface area contributed by atoms with Gasteiger partial charge in [0, 0.05) is 31.6 Å². The van der Waals surface area contributed by atoms with Gasteiger partial charge in [-0.3, -0.25) is 4.79 Å². The molecule has 0 aromatic rings. The fourth-order valence-electron chi connectivity index (χ4n) is 1.79. The summed E-state index contributed by atoms with van der Waals surface area (Å²) in [5.74, 6) is -0.270. The number of hydrogen-bond acceptors (Lipinski definition) is 5. The summed E-state index contributed by atoms with van der Waals surface area (Å²) in [6.45, 7) is 5.55. The molecule has 120 valence electrons. The highest BCUT2D eigenvalue weighted by molar-refractivity contribution is 7.89. The van der Waals surface area contributed by atoms with Crippen molar-refractivity contribution in [3.05, 3.63) is 0 Å². The van der Waals surface area contributed by atoms with E-state index in [1.54, 1.807) is 13.8 Å². The number of carbonyl (C=O) groups is 1. The lowest BCUT2D eigenvalue weighted by Crippen LogP contribution is -2.45. The van der Waals surface area contributed by atoms with E-state index in [1.165, 1.54) is 0 Å². The Kier molecular flexibility index (Phi) is 9.32. The molecule has 7 nitrogen and oxygen atoms in total. The van der Waals surface area contributed by atoms with Crippen LogP contribution in [0.3, 0.4) is 0 Å². The Labute approximate surface area is 126 Å². The number of halogens is 1. The summed E-state index contributed by atoms with van der Waals surface area (Å²) in [6.07, 6.45) is 0.303. The number of nitrogens with one attached hydrogen (secondary N) is 3. The van der Waals surface area contributed by atoms with Crippen molar-refractivity contribution in [3.63, 3.8) is 0 Å². The molecule has 0 spiro atoms. The van der Waals surface area contributed by atoms with Gasteiger partial charge in [0.1, 0.15) is 0 Å². The highest BCUT2D eigenvalue weighted by Gasteiger charge is 2.17. The maximum atomic E-state index is 11.6. The summed E-state index contributed by atoms with van der Waals surface area (Å²) < 4.78 is 30.7. The Hall–Kier alpha value is -0.410. The highest BCUT2D eigenvalue weighted by atomic mass is 35.5. The van der Waals surface area contributed by atoms with Gasteiger partial charge in [-0.15, -0.1) is 12.4 Å². The molecule has 1 aliphatic rings. The molecule has 1 amide bonds. The Balaban J connectivity index is 0.00000361. The molecule has 0 aliphatic carbocycles. The third kappa shape index (κ3) is 8.70. The molecule has 1 heterocycles. The van der Waals surface area contributed by atoms with Gasteiger partial charge in [0.15, 0.2) is 0 Å². The molecular formula is C11H24ClN3O4S. The maximum Gasteiger partial charge on any atom is 0.221 e. The van der Waals surface area contributed by atoms with Gasteiger partial charge in [0.05, 0.1) is 19.0 Å². The van der Waals surface area contributed by atoms with Crippen molar-refractivity contribution in [2.75, 3.05) is 32.1 Å². The van der Waals surface area contributed by atoms with Crippen molar-refractivity contribution < 1.29 is 17.9 Å². The van der Waals surface area contributed by atoms with E-state index in [4.69, 9.17) is 4.74 Å². The SMILES string of the molecule is CC(C)NS(=O)(=O)CCNC(=O)CC1COCCN1.Cl. The molecule has 1 rings (SSSR count). The average Bonchev–Trinajstić information content (AvgIpc) is 2.28. The van der Waals surface area contributed by atoms with Crippen molar-refractivity contribution in [2.45, 2.75) is 32.4 Å². The zero-order chi connectivity index (χ0) is 14.3. The molecule has 20 heavy (non-hydrogen) atoms. The van der Waals surface area contributed by atoms with Crippen molar-refractivity contribution in [1.29, 1.82) is 0 Å². The quantitative estimate of drug-likeness (QED) is 0.570. The molecule has 9 heteroatoms. The van der Waals surface area contributed by atoms with Gasteiger partial charge in [-0.25, -0.2) is 13.1 Å². The second-order valence-electron chi connectivity index (χ2n) is 4.87. The van der Waals surface area contributed by atoms with Crippen LogP contribution in [0.1, 0.15) is 20.3 Å². The molecule has 0 aromatic carbocycles. The number of amides is 1. The normalized spacial score (nSPS) is 19.4. The molecule has 1 aliphatic heterocycles. The Morgan fingerprint density at radius 3 is 2.70 bits per heavy atom. The van der Waals surface area contributed by atoms with Crippen LogP contribution >= 0.6 is 12.4 Å². The van der Waals surface area contributed by atoms with E-state index in [0.717, 1.165) is 6.54 Å². The Bertz CT molecular complexity index is 383. The first-order chi connectivity index (χ1) is 8.89. The molecule has 1 saturated heterocycles. The second-order valence-corrected chi connectivity index (χ2v) is 6.74. The summed E-state index contributed by atoms with van der Waals surface area (Å²) in [4.78, 5) is 11.6. The minimum absolute atomic E-state index is 0. The predicted molar refractivity (Wildman–Crippen MR) is 79.5 cm³/mol. The van der Waals surface area contributed by atoms with Crippen LogP contribution in [0, 0.1) is 0 Å². The van der Waals surface area contributed by atoms with Gasteiger partial charge in [-0.1, -0.05) is 0 Å².